The Morgan fingerprint density at radius 2 is 1.58 bits per heavy atom. The van der Waals surface area contributed by atoms with E-state index in [9.17, 15) is 0 Å². The molecule has 24 heavy (non-hydrogen) atoms. The fourth-order valence-corrected chi connectivity index (χ4v) is 2.54. The van der Waals surface area contributed by atoms with Gasteiger partial charge in [0.05, 0.1) is 29.7 Å². The normalized spacial score (nSPS) is 21.4. The van der Waals surface area contributed by atoms with Gasteiger partial charge in [0.25, 0.3) is 0 Å². The highest BCUT2D eigenvalue weighted by Crippen LogP contribution is 2.30. The Balaban J connectivity index is 1.66. The summed E-state index contributed by atoms with van der Waals surface area (Å²) >= 11 is 0. The van der Waals surface area contributed by atoms with E-state index in [2.05, 4.69) is 51.5 Å². The van der Waals surface area contributed by atoms with Crippen molar-refractivity contribution in [1.29, 1.82) is 0 Å². The second-order valence-electron chi connectivity index (χ2n) is 8.46. The molecular formula is C19H32N2O3. The summed E-state index contributed by atoms with van der Waals surface area (Å²) in [6, 6.07) is 0. The first-order chi connectivity index (χ1) is 11.1. The molecule has 0 atom stereocenters. The average molecular weight is 336 g/mol. The Kier molecular flexibility index (Phi) is 6.21. The highest BCUT2D eigenvalue weighted by molar-refractivity contribution is 5.13. The Morgan fingerprint density at radius 3 is 2.12 bits per heavy atom. The smallest absolute Gasteiger partial charge is 0.156 e. The molecule has 0 aliphatic heterocycles. The number of aromatic nitrogens is 2. The summed E-state index contributed by atoms with van der Waals surface area (Å²) in [6.07, 6.45) is 7.67. The van der Waals surface area contributed by atoms with Gasteiger partial charge in [0, 0.05) is 25.9 Å². The minimum absolute atomic E-state index is 0.0862. The lowest BCUT2D eigenvalue weighted by atomic mass is 9.91. The van der Waals surface area contributed by atoms with Gasteiger partial charge in [-0.25, -0.2) is 9.97 Å². The third kappa shape index (κ3) is 7.14. The van der Waals surface area contributed by atoms with E-state index in [1.807, 2.05) is 0 Å². The Labute approximate surface area is 146 Å². The van der Waals surface area contributed by atoms with Gasteiger partial charge in [-0.1, -0.05) is 0 Å². The van der Waals surface area contributed by atoms with Gasteiger partial charge in [0.2, 0.25) is 0 Å². The van der Waals surface area contributed by atoms with E-state index < -0.39 is 0 Å². The summed E-state index contributed by atoms with van der Waals surface area (Å²) in [4.78, 5) is 8.76. The molecule has 1 heterocycles. The first-order valence-corrected chi connectivity index (χ1v) is 8.90. The maximum Gasteiger partial charge on any atom is 0.156 e. The summed E-state index contributed by atoms with van der Waals surface area (Å²) in [5, 5.41) is 0. The number of rotatable bonds is 7. The lowest BCUT2D eigenvalue weighted by Gasteiger charge is -2.38. The van der Waals surface area contributed by atoms with Crippen molar-refractivity contribution >= 4 is 0 Å². The summed E-state index contributed by atoms with van der Waals surface area (Å²) in [6.45, 7) is 13.2. The van der Waals surface area contributed by atoms with Crippen molar-refractivity contribution in [3.63, 3.8) is 0 Å². The SMILES string of the molecule is CC(C)(C)OCCCc1ncc(OC2CC(OC(C)(C)C)C2)cn1. The molecule has 0 amide bonds. The fraction of sp³-hybridized carbons (Fsp3) is 0.789. The van der Waals surface area contributed by atoms with Gasteiger partial charge < -0.3 is 14.2 Å². The minimum Gasteiger partial charge on any atom is -0.487 e. The molecule has 1 fully saturated rings. The Hall–Kier alpha value is -1.20. The Bertz CT molecular complexity index is 497. The molecule has 5 heteroatoms. The molecule has 136 valence electrons. The molecule has 0 bridgehead atoms. The zero-order valence-corrected chi connectivity index (χ0v) is 16.0. The van der Waals surface area contributed by atoms with E-state index in [-0.39, 0.29) is 17.3 Å². The van der Waals surface area contributed by atoms with Crippen LogP contribution in [0.15, 0.2) is 12.4 Å². The van der Waals surface area contributed by atoms with Gasteiger partial charge in [0.15, 0.2) is 5.75 Å². The van der Waals surface area contributed by atoms with Crippen LogP contribution in [-0.2, 0) is 15.9 Å². The van der Waals surface area contributed by atoms with Crippen LogP contribution in [0.4, 0.5) is 0 Å². The molecule has 0 spiro atoms. The zero-order chi connectivity index (χ0) is 17.8. The summed E-state index contributed by atoms with van der Waals surface area (Å²) in [7, 11) is 0. The summed E-state index contributed by atoms with van der Waals surface area (Å²) < 4.78 is 17.5. The van der Waals surface area contributed by atoms with E-state index in [1.54, 1.807) is 12.4 Å². The van der Waals surface area contributed by atoms with Crippen LogP contribution in [0.2, 0.25) is 0 Å². The van der Waals surface area contributed by atoms with Crippen LogP contribution >= 0.6 is 0 Å². The standard InChI is InChI=1S/C19H32N2O3/c1-18(2,3)22-9-7-8-17-20-12-16(13-21-17)23-14-10-15(11-14)24-19(4,5)6/h12-15H,7-11H2,1-6H3. The summed E-state index contributed by atoms with van der Waals surface area (Å²) in [5.41, 5.74) is -0.174. The monoisotopic (exact) mass is 336 g/mol. The minimum atomic E-state index is -0.0874. The molecule has 0 unspecified atom stereocenters. The van der Waals surface area contributed by atoms with Gasteiger partial charge in [-0.15, -0.1) is 0 Å². The van der Waals surface area contributed by atoms with Crippen molar-refractivity contribution < 1.29 is 14.2 Å². The van der Waals surface area contributed by atoms with Crippen molar-refractivity contribution in [2.24, 2.45) is 0 Å². The number of hydrogen-bond acceptors (Lipinski definition) is 5. The largest absolute Gasteiger partial charge is 0.487 e. The third-order valence-corrected chi connectivity index (χ3v) is 3.64. The molecule has 2 rings (SSSR count). The van der Waals surface area contributed by atoms with E-state index >= 15 is 0 Å². The van der Waals surface area contributed by atoms with Gasteiger partial charge >= 0.3 is 0 Å². The van der Waals surface area contributed by atoms with Crippen molar-refractivity contribution in [3.05, 3.63) is 18.2 Å². The fourth-order valence-electron chi connectivity index (χ4n) is 2.54. The van der Waals surface area contributed by atoms with E-state index in [1.165, 1.54) is 0 Å². The van der Waals surface area contributed by atoms with Crippen molar-refractivity contribution in [2.75, 3.05) is 6.61 Å². The van der Waals surface area contributed by atoms with Crippen LogP contribution in [0.3, 0.4) is 0 Å². The number of nitrogens with zero attached hydrogens (tertiary/aromatic N) is 2. The summed E-state index contributed by atoms with van der Waals surface area (Å²) in [5.74, 6) is 1.58. The van der Waals surface area contributed by atoms with Gasteiger partial charge in [0.1, 0.15) is 11.9 Å². The molecule has 1 aliphatic rings. The molecule has 0 aromatic carbocycles. The van der Waals surface area contributed by atoms with Crippen molar-refractivity contribution in [1.82, 2.24) is 9.97 Å². The van der Waals surface area contributed by atoms with Crippen LogP contribution < -0.4 is 4.74 Å². The number of ether oxygens (including phenoxy) is 3. The van der Waals surface area contributed by atoms with Crippen LogP contribution in [0.1, 0.15) is 66.6 Å². The number of hydrogen-bond donors (Lipinski definition) is 0. The second kappa shape index (κ2) is 7.79. The Morgan fingerprint density at radius 1 is 0.958 bits per heavy atom. The van der Waals surface area contributed by atoms with Crippen LogP contribution in [0.25, 0.3) is 0 Å². The molecule has 1 saturated carbocycles. The molecule has 0 N–H and O–H groups in total. The predicted octanol–water partition coefficient (Wildman–Crippen LogP) is 3.95. The number of aryl methyl sites for hydroxylation is 1. The van der Waals surface area contributed by atoms with E-state index in [0.717, 1.165) is 43.9 Å². The van der Waals surface area contributed by atoms with Crippen LogP contribution in [0.5, 0.6) is 5.75 Å². The molecule has 5 nitrogen and oxygen atoms in total. The third-order valence-electron chi connectivity index (χ3n) is 3.64. The molecule has 1 aliphatic carbocycles. The molecule has 1 aromatic rings. The lowest BCUT2D eigenvalue weighted by Crippen LogP contribution is -2.43. The first-order valence-electron chi connectivity index (χ1n) is 8.90. The van der Waals surface area contributed by atoms with Gasteiger partial charge in [-0.05, 0) is 48.0 Å². The second-order valence-corrected chi connectivity index (χ2v) is 8.46. The molecule has 0 radical (unpaired) electrons. The van der Waals surface area contributed by atoms with Gasteiger partial charge in [-0.2, -0.15) is 0 Å². The zero-order valence-electron chi connectivity index (χ0n) is 16.0. The van der Waals surface area contributed by atoms with Gasteiger partial charge in [-0.3, -0.25) is 0 Å². The van der Waals surface area contributed by atoms with Crippen LogP contribution in [0, 0.1) is 0 Å². The van der Waals surface area contributed by atoms with Crippen LogP contribution in [-0.4, -0.2) is 40.0 Å². The van der Waals surface area contributed by atoms with E-state index in [4.69, 9.17) is 14.2 Å². The maximum atomic E-state index is 5.92. The highest BCUT2D eigenvalue weighted by atomic mass is 16.5. The molecule has 0 saturated heterocycles. The first kappa shape index (κ1) is 19.1. The maximum absolute atomic E-state index is 5.92. The molecule has 1 aromatic heterocycles. The van der Waals surface area contributed by atoms with E-state index in [0.29, 0.717) is 6.10 Å². The van der Waals surface area contributed by atoms with Crippen molar-refractivity contribution in [2.45, 2.75) is 90.6 Å². The van der Waals surface area contributed by atoms with Crippen molar-refractivity contribution in [3.8, 4) is 5.75 Å². The average Bonchev–Trinajstić information content (AvgIpc) is 2.40. The predicted molar refractivity (Wildman–Crippen MR) is 94.3 cm³/mol. The molecular weight excluding hydrogens is 304 g/mol. The topological polar surface area (TPSA) is 53.5 Å². The lowest BCUT2D eigenvalue weighted by molar-refractivity contribution is -0.126. The quantitative estimate of drug-likeness (QED) is 0.706. The highest BCUT2D eigenvalue weighted by Gasteiger charge is 2.34.